The van der Waals surface area contributed by atoms with Crippen LogP contribution in [0.15, 0.2) is 24.5 Å². The standard InChI is InChI=1S/C28H37Cl2N9O.2ClH/c29-17-5-10-23(22(30)15-17)35-28(40)38-13-11-20(12-14-38)33-25-24-26(39(16-32-24)21-3-1-2-4-21)37-27(36-25)34-19-8-6-18(31)7-9-19;;/h5,10,15-16,18-21H,1-4,6-9,11-14,31H2,(H,35,40)(H2,33,34,36,37);2*1H. The number of piperidine rings is 1. The van der Waals surface area contributed by atoms with Gasteiger partial charge >= 0.3 is 6.03 Å². The predicted molar refractivity (Wildman–Crippen MR) is 175 cm³/mol. The van der Waals surface area contributed by atoms with Crippen molar-refractivity contribution in [2.75, 3.05) is 29.0 Å². The average molecular weight is 659 g/mol. The fourth-order valence-corrected chi connectivity index (χ4v) is 6.64. The number of nitrogens with zero attached hydrogens (tertiary/aromatic N) is 5. The zero-order valence-corrected chi connectivity index (χ0v) is 26.5. The Morgan fingerprint density at radius 1 is 0.905 bits per heavy atom. The van der Waals surface area contributed by atoms with Crippen LogP contribution >= 0.6 is 48.0 Å². The zero-order chi connectivity index (χ0) is 27.6. The topological polar surface area (TPSA) is 126 Å². The molecule has 3 fully saturated rings. The number of anilines is 3. The van der Waals surface area contributed by atoms with E-state index in [2.05, 4.69) is 20.5 Å². The molecular formula is C28H39Cl4N9O. The third-order valence-corrected chi connectivity index (χ3v) is 9.09. The Labute approximate surface area is 268 Å². The molecular weight excluding hydrogens is 620 g/mol. The maximum absolute atomic E-state index is 12.9. The van der Waals surface area contributed by atoms with Crippen LogP contribution < -0.4 is 21.7 Å². The Morgan fingerprint density at radius 2 is 1.60 bits per heavy atom. The maximum atomic E-state index is 12.9. The number of amides is 2. The highest BCUT2D eigenvalue weighted by Gasteiger charge is 2.27. The highest BCUT2D eigenvalue weighted by molar-refractivity contribution is 6.36. The van der Waals surface area contributed by atoms with Gasteiger partial charge < -0.3 is 31.2 Å². The van der Waals surface area contributed by atoms with Crippen LogP contribution in [0.2, 0.25) is 10.0 Å². The van der Waals surface area contributed by atoms with E-state index in [1.807, 2.05) is 11.2 Å². The van der Waals surface area contributed by atoms with E-state index >= 15 is 0 Å². The molecule has 0 bridgehead atoms. The lowest BCUT2D eigenvalue weighted by molar-refractivity contribution is 0.197. The van der Waals surface area contributed by atoms with Crippen molar-refractivity contribution in [3.8, 4) is 0 Å². The third-order valence-electron chi connectivity index (χ3n) is 8.54. The molecule has 14 heteroatoms. The first-order chi connectivity index (χ1) is 19.4. The van der Waals surface area contributed by atoms with Gasteiger partial charge in [0.2, 0.25) is 5.95 Å². The highest BCUT2D eigenvalue weighted by Crippen LogP contribution is 2.34. The van der Waals surface area contributed by atoms with Crippen LogP contribution in [0.25, 0.3) is 11.2 Å². The Bertz CT molecular complexity index is 1350. The summed E-state index contributed by atoms with van der Waals surface area (Å²) < 4.78 is 2.24. The number of halogens is 4. The van der Waals surface area contributed by atoms with Crippen molar-refractivity contribution < 1.29 is 4.79 Å². The molecule has 42 heavy (non-hydrogen) atoms. The van der Waals surface area contributed by atoms with Gasteiger partial charge in [0, 0.05) is 42.3 Å². The quantitative estimate of drug-likeness (QED) is 0.227. The van der Waals surface area contributed by atoms with Crippen LogP contribution in [0.3, 0.4) is 0 Å². The summed E-state index contributed by atoms with van der Waals surface area (Å²) in [5.41, 5.74) is 8.37. The molecule has 0 atom stereocenters. The summed E-state index contributed by atoms with van der Waals surface area (Å²) in [6, 6.07) is 6.10. The van der Waals surface area contributed by atoms with E-state index in [0.29, 0.717) is 52.9 Å². The Hall–Kier alpha value is -2.24. The van der Waals surface area contributed by atoms with Crippen LogP contribution in [0.1, 0.15) is 70.3 Å². The van der Waals surface area contributed by atoms with E-state index in [9.17, 15) is 4.79 Å². The van der Waals surface area contributed by atoms with Gasteiger partial charge in [0.05, 0.1) is 17.0 Å². The monoisotopic (exact) mass is 657 g/mol. The molecule has 3 aromatic rings. The molecule has 2 aliphatic carbocycles. The van der Waals surface area contributed by atoms with E-state index < -0.39 is 0 Å². The molecule has 0 radical (unpaired) electrons. The number of fused-ring (bicyclic) bond motifs is 1. The Morgan fingerprint density at radius 3 is 2.29 bits per heavy atom. The second-order valence-corrected chi connectivity index (χ2v) is 12.2. The van der Waals surface area contributed by atoms with Gasteiger partial charge in [-0.1, -0.05) is 36.0 Å². The number of carbonyl (C=O) groups is 1. The van der Waals surface area contributed by atoms with E-state index in [-0.39, 0.29) is 36.9 Å². The summed E-state index contributed by atoms with van der Waals surface area (Å²) in [5.74, 6) is 1.40. The smallest absolute Gasteiger partial charge is 0.321 e. The number of imidazole rings is 1. The molecule has 10 nitrogen and oxygen atoms in total. The van der Waals surface area contributed by atoms with Crippen molar-refractivity contribution in [3.63, 3.8) is 0 Å². The fourth-order valence-electron chi connectivity index (χ4n) is 6.18. The van der Waals surface area contributed by atoms with Crippen LogP contribution in [-0.2, 0) is 0 Å². The summed E-state index contributed by atoms with van der Waals surface area (Å²) in [7, 11) is 0. The van der Waals surface area contributed by atoms with Gasteiger partial charge in [0.1, 0.15) is 0 Å². The Balaban J connectivity index is 0.00000202. The van der Waals surface area contributed by atoms with Crippen molar-refractivity contribution in [2.45, 2.75) is 88.4 Å². The molecule has 2 aromatic heterocycles. The molecule has 1 saturated heterocycles. The van der Waals surface area contributed by atoms with Crippen molar-refractivity contribution in [1.29, 1.82) is 0 Å². The van der Waals surface area contributed by atoms with Gasteiger partial charge in [-0.3, -0.25) is 0 Å². The van der Waals surface area contributed by atoms with Gasteiger partial charge in [0.15, 0.2) is 17.0 Å². The van der Waals surface area contributed by atoms with E-state index in [4.69, 9.17) is 43.9 Å². The summed E-state index contributed by atoms with van der Waals surface area (Å²) in [5, 5.41) is 11.1. The van der Waals surface area contributed by atoms with E-state index in [0.717, 1.165) is 68.3 Å². The summed E-state index contributed by atoms with van der Waals surface area (Å²) in [6.07, 6.45) is 12.4. The van der Waals surface area contributed by atoms with Gasteiger partial charge in [0.25, 0.3) is 0 Å². The second-order valence-electron chi connectivity index (χ2n) is 11.4. The number of rotatable bonds is 6. The number of nitrogens with one attached hydrogen (secondary N) is 3. The molecule has 0 spiro atoms. The summed E-state index contributed by atoms with van der Waals surface area (Å²) in [6.45, 7) is 1.24. The molecule has 2 amide bonds. The number of hydrogen-bond donors (Lipinski definition) is 4. The number of benzene rings is 1. The van der Waals surface area contributed by atoms with E-state index in [1.165, 1.54) is 12.8 Å². The number of hydrogen-bond acceptors (Lipinski definition) is 7. The lowest BCUT2D eigenvalue weighted by Crippen LogP contribution is -2.44. The van der Waals surface area contributed by atoms with Gasteiger partial charge in [-0.2, -0.15) is 9.97 Å². The number of likely N-dealkylation sites (tertiary alicyclic amines) is 1. The van der Waals surface area contributed by atoms with Crippen molar-refractivity contribution in [3.05, 3.63) is 34.6 Å². The van der Waals surface area contributed by atoms with Crippen LogP contribution in [0.4, 0.5) is 22.2 Å². The molecule has 5 N–H and O–H groups in total. The molecule has 0 unspecified atom stereocenters. The van der Waals surface area contributed by atoms with E-state index in [1.54, 1.807) is 18.2 Å². The molecule has 3 heterocycles. The summed E-state index contributed by atoms with van der Waals surface area (Å²) >= 11 is 12.2. The molecule has 230 valence electrons. The van der Waals surface area contributed by atoms with Crippen LogP contribution in [0, 0.1) is 0 Å². The normalized spacial score (nSPS) is 21.5. The van der Waals surface area contributed by atoms with Crippen molar-refractivity contribution in [1.82, 2.24) is 24.4 Å². The first-order valence-corrected chi connectivity index (χ1v) is 15.2. The minimum Gasteiger partial charge on any atom is -0.365 e. The molecule has 6 rings (SSSR count). The molecule has 1 aliphatic heterocycles. The number of carbonyl (C=O) groups excluding carboxylic acids is 1. The van der Waals surface area contributed by atoms with Gasteiger partial charge in [-0.25, -0.2) is 9.78 Å². The average Bonchev–Trinajstić information content (AvgIpc) is 3.62. The first-order valence-electron chi connectivity index (χ1n) is 14.5. The lowest BCUT2D eigenvalue weighted by atomic mass is 9.92. The molecule has 2 saturated carbocycles. The molecule has 3 aliphatic rings. The summed E-state index contributed by atoms with van der Waals surface area (Å²) in [4.78, 5) is 29.3. The largest absolute Gasteiger partial charge is 0.365 e. The highest BCUT2D eigenvalue weighted by atomic mass is 35.5. The first kappa shape index (κ1) is 32.7. The van der Waals surface area contributed by atoms with Crippen LogP contribution in [0.5, 0.6) is 0 Å². The van der Waals surface area contributed by atoms with Gasteiger partial charge in [-0.05, 0) is 69.6 Å². The Kier molecular flexibility index (Phi) is 11.3. The number of nitrogens with two attached hydrogens (primary N) is 1. The van der Waals surface area contributed by atoms with Crippen molar-refractivity contribution in [2.24, 2.45) is 5.73 Å². The SMILES string of the molecule is Cl.Cl.NC1CCC(Nc2nc(NC3CCN(C(=O)Nc4ccc(Cl)cc4Cl)CC3)c3ncn(C4CCCC4)c3n2)CC1. The minimum absolute atomic E-state index is 0. The lowest BCUT2D eigenvalue weighted by Gasteiger charge is -2.33. The van der Waals surface area contributed by atoms with Crippen molar-refractivity contribution >= 4 is 82.7 Å². The fraction of sp³-hybridized carbons (Fsp3) is 0.571. The number of urea groups is 1. The zero-order valence-electron chi connectivity index (χ0n) is 23.4. The second kappa shape index (κ2) is 14.5. The number of aromatic nitrogens is 4. The predicted octanol–water partition coefficient (Wildman–Crippen LogP) is 6.88. The molecule has 1 aromatic carbocycles. The minimum atomic E-state index is -0.166. The maximum Gasteiger partial charge on any atom is 0.321 e. The third kappa shape index (κ3) is 7.45. The van der Waals surface area contributed by atoms with Gasteiger partial charge in [-0.15, -0.1) is 24.8 Å². The van der Waals surface area contributed by atoms with Crippen LogP contribution in [-0.4, -0.2) is 61.7 Å².